The smallest absolute Gasteiger partial charge is 0.186 e. The molecule has 0 saturated heterocycles. The Morgan fingerprint density at radius 1 is 1.47 bits per heavy atom. The molecule has 1 rings (SSSR count). The van der Waals surface area contributed by atoms with E-state index in [0.29, 0.717) is 18.7 Å². The fourth-order valence-corrected chi connectivity index (χ4v) is 1.44. The van der Waals surface area contributed by atoms with Crippen molar-refractivity contribution in [2.24, 2.45) is 11.7 Å². The first kappa shape index (κ1) is 13.8. The quantitative estimate of drug-likeness (QED) is 0.826. The average Bonchev–Trinajstić information content (AvgIpc) is 2.31. The van der Waals surface area contributed by atoms with Gasteiger partial charge in [0.05, 0.1) is 11.2 Å². The first-order chi connectivity index (χ1) is 7.94. The summed E-state index contributed by atoms with van der Waals surface area (Å²) in [7, 11) is 0. The molecule has 0 spiro atoms. The normalized spacial score (nSPS) is 14.8. The predicted octanol–water partition coefficient (Wildman–Crippen LogP) is 1.96. The van der Waals surface area contributed by atoms with Crippen molar-refractivity contribution in [1.82, 2.24) is 9.97 Å². The molecule has 0 radical (unpaired) electrons. The number of rotatable bonds is 5. The highest BCUT2D eigenvalue weighted by Crippen LogP contribution is 2.23. The van der Waals surface area contributed by atoms with Crippen molar-refractivity contribution in [2.75, 3.05) is 11.9 Å². The van der Waals surface area contributed by atoms with Crippen molar-refractivity contribution in [1.29, 1.82) is 0 Å². The molecule has 0 fully saturated rings. The van der Waals surface area contributed by atoms with E-state index in [-0.39, 0.29) is 23.1 Å². The number of hydrogen-bond donors (Lipinski definition) is 2. The standard InChI is InChI=1S/C12H21FN4/c1-5-9-10(13)11(16-7-15-9)17-12(4,6-14)8(2)3/h7-8H,5-6,14H2,1-4H3,(H,15,16,17). The summed E-state index contributed by atoms with van der Waals surface area (Å²) < 4.78 is 14.0. The minimum atomic E-state index is -0.379. The molecular weight excluding hydrogens is 219 g/mol. The van der Waals surface area contributed by atoms with E-state index >= 15 is 0 Å². The molecule has 0 aromatic carbocycles. The van der Waals surface area contributed by atoms with Gasteiger partial charge in [-0.2, -0.15) is 0 Å². The van der Waals surface area contributed by atoms with Crippen LogP contribution in [0.5, 0.6) is 0 Å². The molecule has 1 unspecified atom stereocenters. The van der Waals surface area contributed by atoms with Gasteiger partial charge < -0.3 is 11.1 Å². The number of anilines is 1. The number of nitrogens with zero attached hydrogens (tertiary/aromatic N) is 2. The van der Waals surface area contributed by atoms with Crippen LogP contribution in [0.4, 0.5) is 10.2 Å². The highest BCUT2D eigenvalue weighted by atomic mass is 19.1. The molecule has 3 N–H and O–H groups in total. The number of aryl methyl sites for hydroxylation is 1. The fourth-order valence-electron chi connectivity index (χ4n) is 1.44. The summed E-state index contributed by atoms with van der Waals surface area (Å²) in [5, 5.41) is 3.10. The lowest BCUT2D eigenvalue weighted by Gasteiger charge is -2.34. The first-order valence-electron chi connectivity index (χ1n) is 5.92. The average molecular weight is 240 g/mol. The zero-order chi connectivity index (χ0) is 13.1. The molecule has 1 heterocycles. The molecule has 5 heteroatoms. The largest absolute Gasteiger partial charge is 0.361 e. The van der Waals surface area contributed by atoms with E-state index in [1.54, 1.807) is 0 Å². The van der Waals surface area contributed by atoms with Gasteiger partial charge in [0, 0.05) is 6.54 Å². The topological polar surface area (TPSA) is 63.8 Å². The fraction of sp³-hybridized carbons (Fsp3) is 0.667. The first-order valence-corrected chi connectivity index (χ1v) is 5.92. The monoisotopic (exact) mass is 240 g/mol. The molecule has 0 amide bonds. The van der Waals surface area contributed by atoms with Gasteiger partial charge in [0.2, 0.25) is 0 Å². The van der Waals surface area contributed by atoms with Crippen molar-refractivity contribution in [3.63, 3.8) is 0 Å². The van der Waals surface area contributed by atoms with Crippen LogP contribution in [0.15, 0.2) is 6.33 Å². The van der Waals surface area contributed by atoms with Crippen molar-refractivity contribution in [3.05, 3.63) is 17.8 Å². The summed E-state index contributed by atoms with van der Waals surface area (Å²) in [6.45, 7) is 8.32. The molecular formula is C12H21FN4. The molecule has 17 heavy (non-hydrogen) atoms. The maximum Gasteiger partial charge on any atom is 0.186 e. The second-order valence-corrected chi connectivity index (χ2v) is 4.74. The van der Waals surface area contributed by atoms with E-state index in [0.717, 1.165) is 0 Å². The van der Waals surface area contributed by atoms with Crippen LogP contribution in [0.3, 0.4) is 0 Å². The zero-order valence-corrected chi connectivity index (χ0v) is 10.9. The van der Waals surface area contributed by atoms with Gasteiger partial charge in [-0.15, -0.1) is 0 Å². The molecule has 0 saturated carbocycles. The minimum absolute atomic E-state index is 0.235. The molecule has 1 aromatic rings. The lowest BCUT2D eigenvalue weighted by Crippen LogP contribution is -2.47. The molecule has 0 aliphatic rings. The van der Waals surface area contributed by atoms with Gasteiger partial charge in [-0.1, -0.05) is 20.8 Å². The minimum Gasteiger partial charge on any atom is -0.361 e. The predicted molar refractivity (Wildman–Crippen MR) is 67.3 cm³/mol. The van der Waals surface area contributed by atoms with Gasteiger partial charge in [0.25, 0.3) is 0 Å². The van der Waals surface area contributed by atoms with Crippen LogP contribution in [0.25, 0.3) is 0 Å². The molecule has 0 aliphatic carbocycles. The molecule has 0 aliphatic heterocycles. The van der Waals surface area contributed by atoms with Crippen molar-refractivity contribution >= 4 is 5.82 Å². The Labute approximate surface area is 102 Å². The van der Waals surface area contributed by atoms with Gasteiger partial charge in [0.15, 0.2) is 11.6 Å². The van der Waals surface area contributed by atoms with Crippen LogP contribution in [-0.4, -0.2) is 22.1 Å². The Morgan fingerprint density at radius 3 is 2.59 bits per heavy atom. The second-order valence-electron chi connectivity index (χ2n) is 4.74. The lowest BCUT2D eigenvalue weighted by molar-refractivity contribution is 0.378. The Bertz CT molecular complexity index is 381. The number of hydrogen-bond acceptors (Lipinski definition) is 4. The van der Waals surface area contributed by atoms with E-state index in [9.17, 15) is 4.39 Å². The van der Waals surface area contributed by atoms with E-state index in [1.807, 2.05) is 27.7 Å². The summed E-state index contributed by atoms with van der Waals surface area (Å²) in [5.41, 5.74) is 5.80. The molecule has 0 bridgehead atoms. The molecule has 1 aromatic heterocycles. The number of nitrogens with two attached hydrogens (primary N) is 1. The summed E-state index contributed by atoms with van der Waals surface area (Å²) in [4.78, 5) is 7.85. The Balaban J connectivity index is 3.02. The number of aromatic nitrogens is 2. The highest BCUT2D eigenvalue weighted by molar-refractivity contribution is 5.40. The van der Waals surface area contributed by atoms with Crippen LogP contribution < -0.4 is 11.1 Å². The third-order valence-electron chi connectivity index (χ3n) is 3.30. The summed E-state index contributed by atoms with van der Waals surface area (Å²) in [6, 6.07) is 0. The van der Waals surface area contributed by atoms with Gasteiger partial charge in [0.1, 0.15) is 6.33 Å². The summed E-state index contributed by atoms with van der Waals surface area (Å²) >= 11 is 0. The van der Waals surface area contributed by atoms with Crippen LogP contribution in [0.2, 0.25) is 0 Å². The Hall–Kier alpha value is -1.23. The van der Waals surface area contributed by atoms with Crippen molar-refractivity contribution in [3.8, 4) is 0 Å². The van der Waals surface area contributed by atoms with Crippen LogP contribution >= 0.6 is 0 Å². The van der Waals surface area contributed by atoms with E-state index in [4.69, 9.17) is 5.73 Å². The number of halogens is 1. The Morgan fingerprint density at radius 2 is 2.12 bits per heavy atom. The Kier molecular flexibility index (Phi) is 4.40. The van der Waals surface area contributed by atoms with Crippen molar-refractivity contribution in [2.45, 2.75) is 39.7 Å². The molecule has 1 atom stereocenters. The van der Waals surface area contributed by atoms with Crippen molar-refractivity contribution < 1.29 is 4.39 Å². The van der Waals surface area contributed by atoms with Crippen LogP contribution in [-0.2, 0) is 6.42 Å². The van der Waals surface area contributed by atoms with Crippen LogP contribution in [0, 0.1) is 11.7 Å². The molecule has 96 valence electrons. The molecule has 4 nitrogen and oxygen atoms in total. The third-order valence-corrected chi connectivity index (χ3v) is 3.30. The van der Waals surface area contributed by atoms with Gasteiger partial charge in [-0.05, 0) is 19.3 Å². The SMILES string of the molecule is CCc1ncnc(NC(C)(CN)C(C)C)c1F. The van der Waals surface area contributed by atoms with E-state index < -0.39 is 0 Å². The maximum atomic E-state index is 14.0. The lowest BCUT2D eigenvalue weighted by atomic mass is 9.88. The van der Waals surface area contributed by atoms with Gasteiger partial charge >= 0.3 is 0 Å². The van der Waals surface area contributed by atoms with E-state index in [1.165, 1.54) is 6.33 Å². The zero-order valence-electron chi connectivity index (χ0n) is 10.9. The third kappa shape index (κ3) is 2.91. The summed E-state index contributed by atoms with van der Waals surface area (Å²) in [6.07, 6.45) is 1.92. The van der Waals surface area contributed by atoms with Crippen LogP contribution in [0.1, 0.15) is 33.4 Å². The highest BCUT2D eigenvalue weighted by Gasteiger charge is 2.28. The van der Waals surface area contributed by atoms with Gasteiger partial charge in [-0.25, -0.2) is 14.4 Å². The van der Waals surface area contributed by atoms with E-state index in [2.05, 4.69) is 15.3 Å². The maximum absolute atomic E-state index is 14.0. The second kappa shape index (κ2) is 5.40. The number of nitrogens with one attached hydrogen (secondary N) is 1. The summed E-state index contributed by atoms with van der Waals surface area (Å²) in [5.74, 6) is 0.126. The van der Waals surface area contributed by atoms with Gasteiger partial charge in [-0.3, -0.25) is 0 Å².